The van der Waals surface area contributed by atoms with E-state index in [9.17, 15) is 4.79 Å². The molecule has 2 amide bonds. The molecule has 0 aromatic heterocycles. The number of thiol groups is 2. The van der Waals surface area contributed by atoms with Crippen LogP contribution in [-0.4, -0.2) is 53.0 Å². The number of nitrogens with zero attached hydrogens (tertiary/aromatic N) is 1. The Morgan fingerprint density at radius 2 is 1.17 bits per heavy atom. The molecule has 0 radical (unpaired) electrons. The molecule has 134 valence electrons. The number of hydrogen-bond donors (Lipinski definition) is 5. The van der Waals surface area contributed by atoms with Crippen LogP contribution in [0.25, 0.3) is 0 Å². The van der Waals surface area contributed by atoms with Crippen LogP contribution in [0.4, 0.5) is 9.59 Å². The van der Waals surface area contributed by atoms with Gasteiger partial charge in [0.1, 0.15) is 0 Å². The second kappa shape index (κ2) is 26.9. The average molecular weight is 417 g/mol. The van der Waals surface area contributed by atoms with E-state index in [1.807, 2.05) is 13.8 Å². The third-order valence-electron chi connectivity index (χ3n) is 1.44. The SMILES string of the molecule is CCN(CC)C(=O)S.COC(N)=S.COC(N)=S.NC(=O)S.[H-].[Na+]. The fourth-order valence-electron chi connectivity index (χ4n) is 0.494. The molecule has 23 heavy (non-hydrogen) atoms. The van der Waals surface area contributed by atoms with Crippen molar-refractivity contribution in [2.24, 2.45) is 17.2 Å². The topological polar surface area (TPSA) is 134 Å². The van der Waals surface area contributed by atoms with Gasteiger partial charge < -0.3 is 33.0 Å². The van der Waals surface area contributed by atoms with Crippen molar-refractivity contribution in [3.8, 4) is 0 Å². The molecule has 0 spiro atoms. The molecule has 6 N–H and O–H groups in total. The van der Waals surface area contributed by atoms with Crippen molar-refractivity contribution < 1.29 is 50.0 Å². The molecule has 13 heteroatoms. The predicted molar refractivity (Wildman–Crippen MR) is 105 cm³/mol. The molecule has 0 fully saturated rings. The minimum Gasteiger partial charge on any atom is -1.00 e. The monoisotopic (exact) mass is 416 g/mol. The minimum atomic E-state index is -0.639. The van der Waals surface area contributed by atoms with Crippen LogP contribution in [0.1, 0.15) is 15.3 Å². The van der Waals surface area contributed by atoms with Gasteiger partial charge in [-0.2, -0.15) is 0 Å². The summed E-state index contributed by atoms with van der Waals surface area (Å²) in [5, 5.41) is -0.606. The third kappa shape index (κ3) is 61.1. The third-order valence-corrected chi connectivity index (χ3v) is 2.05. The number of methoxy groups -OCH3 is 2. The number of carbonyl (C=O) groups is 2. The summed E-state index contributed by atoms with van der Waals surface area (Å²) in [5.41, 5.74) is 13.9. The van der Waals surface area contributed by atoms with Crippen LogP contribution >= 0.6 is 49.7 Å². The van der Waals surface area contributed by atoms with E-state index in [0.29, 0.717) is 0 Å². The van der Waals surface area contributed by atoms with E-state index < -0.39 is 5.24 Å². The number of nitrogens with two attached hydrogens (primary N) is 3. The maximum Gasteiger partial charge on any atom is 1.00 e. The zero-order valence-corrected chi connectivity index (χ0v) is 19.4. The molecule has 0 aliphatic carbocycles. The Kier molecular flexibility index (Phi) is 40.2. The first kappa shape index (κ1) is 34.4. The van der Waals surface area contributed by atoms with E-state index >= 15 is 0 Å². The number of rotatable bonds is 2. The standard InChI is InChI=1S/C5H11NOS.2C2H5NOS.CH3NOS.Na.H/c1-3-6(4-2)5(7)8;2*1-4-2(3)5;2-1(3)4;;/h3-4H2,1-2H3,(H,7,8);2*1H3,(H2,3,5);(H3,2,3,4);;/q;;;;+1;-1. The van der Waals surface area contributed by atoms with Gasteiger partial charge in [0.05, 0.1) is 14.2 Å². The normalized spacial score (nSPS) is 7.04. The maximum atomic E-state index is 10.4. The van der Waals surface area contributed by atoms with Crippen molar-refractivity contribution in [2.75, 3.05) is 27.3 Å². The summed E-state index contributed by atoms with van der Waals surface area (Å²) < 4.78 is 8.52. The first-order chi connectivity index (χ1) is 9.99. The molecule has 0 rings (SSSR count). The Bertz CT molecular complexity index is 322. The van der Waals surface area contributed by atoms with Crippen LogP contribution in [0.3, 0.4) is 0 Å². The van der Waals surface area contributed by atoms with Crippen LogP contribution in [0.2, 0.25) is 0 Å². The molecule has 0 unspecified atom stereocenters. The second-order valence-corrected chi connectivity index (χ2v) is 4.47. The Morgan fingerprint density at radius 3 is 1.17 bits per heavy atom. The summed E-state index contributed by atoms with van der Waals surface area (Å²) in [6.07, 6.45) is 0. The number of primary amides is 1. The fourth-order valence-corrected chi connectivity index (χ4v) is 0.777. The molecule has 0 heterocycles. The fraction of sp³-hybridized carbons (Fsp3) is 0.600. The maximum absolute atomic E-state index is 10.4. The summed E-state index contributed by atoms with van der Waals surface area (Å²) in [6, 6.07) is 0. The van der Waals surface area contributed by atoms with Gasteiger partial charge in [0.15, 0.2) is 0 Å². The van der Waals surface area contributed by atoms with Crippen LogP contribution in [0, 0.1) is 0 Å². The van der Waals surface area contributed by atoms with E-state index in [-0.39, 0.29) is 46.6 Å². The van der Waals surface area contributed by atoms with E-state index in [1.54, 1.807) is 4.90 Å². The number of ether oxygens (including phenoxy) is 2. The zero-order valence-electron chi connectivity index (χ0n) is 14.9. The number of thiocarbonyl (C=S) groups is 2. The van der Waals surface area contributed by atoms with Crippen molar-refractivity contribution in [3.63, 3.8) is 0 Å². The van der Waals surface area contributed by atoms with Gasteiger partial charge in [-0.3, -0.25) is 9.59 Å². The quantitative estimate of drug-likeness (QED) is 0.203. The average Bonchev–Trinajstić information content (AvgIpc) is 2.40. The van der Waals surface area contributed by atoms with Crippen LogP contribution < -0.4 is 46.8 Å². The van der Waals surface area contributed by atoms with Gasteiger partial charge in [-0.1, -0.05) is 25.3 Å². The molecule has 0 aliphatic heterocycles. The molecular weight excluding hydrogens is 391 g/mol. The minimum absolute atomic E-state index is 0. The van der Waals surface area contributed by atoms with Gasteiger partial charge in [0.25, 0.3) is 20.8 Å². The zero-order chi connectivity index (χ0) is 18.7. The van der Waals surface area contributed by atoms with Gasteiger partial charge in [-0.25, -0.2) is 0 Å². The summed E-state index contributed by atoms with van der Waals surface area (Å²) in [7, 11) is 2.87. The number of amides is 2. The molecule has 0 saturated heterocycles. The van der Waals surface area contributed by atoms with Gasteiger partial charge in [-0.05, 0) is 38.3 Å². The van der Waals surface area contributed by atoms with Crippen molar-refractivity contribution in [1.82, 2.24) is 4.90 Å². The Balaban J connectivity index is -0.0000000454. The van der Waals surface area contributed by atoms with Crippen LogP contribution in [0.15, 0.2) is 0 Å². The second-order valence-electron chi connectivity index (χ2n) is 2.84. The first-order valence-corrected chi connectivity index (χ1v) is 7.34. The Hall–Kier alpha value is 0.0200. The van der Waals surface area contributed by atoms with Crippen molar-refractivity contribution in [3.05, 3.63) is 0 Å². The number of carbonyl (C=O) groups excluding carboxylic acids is 2. The summed E-state index contributed by atoms with van der Waals surface area (Å²) in [5.74, 6) is 0. The van der Waals surface area contributed by atoms with Gasteiger partial charge >= 0.3 is 29.6 Å². The largest absolute Gasteiger partial charge is 1.00 e. The first-order valence-electron chi connectivity index (χ1n) is 5.62. The summed E-state index contributed by atoms with van der Waals surface area (Å²) in [4.78, 5) is 21.1. The van der Waals surface area contributed by atoms with Crippen molar-refractivity contribution >= 4 is 70.5 Å². The molecule has 0 bridgehead atoms. The molecule has 0 aromatic rings. The smallest absolute Gasteiger partial charge is 1.00 e. The van der Waals surface area contributed by atoms with E-state index in [0.717, 1.165) is 13.1 Å². The van der Waals surface area contributed by atoms with Crippen molar-refractivity contribution in [1.29, 1.82) is 0 Å². The molecular formula is C10H25N4NaO4S4. The summed E-state index contributed by atoms with van der Waals surface area (Å²) in [6.45, 7) is 5.35. The van der Waals surface area contributed by atoms with E-state index in [1.165, 1.54) is 14.2 Å². The predicted octanol–water partition coefficient (Wildman–Crippen LogP) is -1.76. The van der Waals surface area contributed by atoms with Crippen molar-refractivity contribution in [2.45, 2.75) is 13.8 Å². The van der Waals surface area contributed by atoms with Crippen LogP contribution in [-0.2, 0) is 9.47 Å². The van der Waals surface area contributed by atoms with E-state index in [4.69, 9.17) is 16.3 Å². The molecule has 0 atom stereocenters. The molecule has 0 aliphatic rings. The van der Waals surface area contributed by atoms with Crippen LogP contribution in [0.5, 0.6) is 0 Å². The summed E-state index contributed by atoms with van der Waals surface area (Å²) >= 11 is 15.2. The van der Waals surface area contributed by atoms with Gasteiger partial charge in [0, 0.05) is 13.1 Å². The van der Waals surface area contributed by atoms with E-state index in [2.05, 4.69) is 64.9 Å². The Labute approximate surface area is 182 Å². The van der Waals surface area contributed by atoms with Gasteiger partial charge in [0.2, 0.25) is 0 Å². The molecule has 0 saturated carbocycles. The van der Waals surface area contributed by atoms with Gasteiger partial charge in [-0.15, -0.1) is 0 Å². The molecule has 0 aromatic carbocycles. The molecule has 8 nitrogen and oxygen atoms in total. The number of hydrogen-bond acceptors (Lipinski definition) is 6. The Morgan fingerprint density at radius 1 is 1.00 bits per heavy atom.